The molecule has 3 aromatic rings. The van der Waals surface area contributed by atoms with Crippen molar-refractivity contribution in [1.82, 2.24) is 0 Å². The van der Waals surface area contributed by atoms with E-state index < -0.39 is 0 Å². The average molecular weight is 423 g/mol. The van der Waals surface area contributed by atoms with E-state index in [0.29, 0.717) is 17.8 Å². The van der Waals surface area contributed by atoms with Crippen LogP contribution in [0.5, 0.6) is 0 Å². The lowest BCUT2D eigenvalue weighted by Crippen LogP contribution is -2.07. The fourth-order valence-corrected chi connectivity index (χ4v) is 2.64. The molecular formula is C25H34N4O2. The molecule has 0 unspecified atom stereocenters. The Hall–Kier alpha value is -3.51. The fraction of sp³-hybridized carbons (Fsp3) is 0.240. The van der Waals surface area contributed by atoms with E-state index in [-0.39, 0.29) is 0 Å². The second-order valence-corrected chi connectivity index (χ2v) is 6.99. The van der Waals surface area contributed by atoms with Crippen LogP contribution in [0.25, 0.3) is 0 Å². The van der Waals surface area contributed by atoms with Crippen molar-refractivity contribution < 1.29 is 9.90 Å². The van der Waals surface area contributed by atoms with E-state index in [2.05, 4.69) is 58.9 Å². The zero-order valence-electron chi connectivity index (χ0n) is 19.0. The number of aryl methyl sites for hydroxylation is 1. The van der Waals surface area contributed by atoms with Crippen LogP contribution in [0.15, 0.2) is 66.7 Å². The van der Waals surface area contributed by atoms with Crippen LogP contribution < -0.4 is 21.3 Å². The molecule has 0 radical (unpaired) electrons. The van der Waals surface area contributed by atoms with E-state index in [1.54, 1.807) is 12.1 Å². The number of carbonyl (C=O) groups excluding carboxylic acids is 1. The van der Waals surface area contributed by atoms with Gasteiger partial charge in [-0.05, 0) is 55.0 Å². The number of benzene rings is 3. The van der Waals surface area contributed by atoms with Crippen LogP contribution in [0, 0.1) is 6.92 Å². The Balaban J connectivity index is 0.000000337. The van der Waals surface area contributed by atoms with Crippen molar-refractivity contribution in [2.45, 2.75) is 13.5 Å². The smallest absolute Gasteiger partial charge is 0.150 e. The molecule has 6 heteroatoms. The molecule has 0 saturated carbocycles. The van der Waals surface area contributed by atoms with Crippen LogP contribution in [0.2, 0.25) is 0 Å². The highest BCUT2D eigenvalue weighted by Gasteiger charge is 2.00. The lowest BCUT2D eigenvalue weighted by Gasteiger charge is -2.11. The summed E-state index contributed by atoms with van der Waals surface area (Å²) in [4.78, 5) is 12.7. The van der Waals surface area contributed by atoms with Gasteiger partial charge in [-0.1, -0.05) is 29.8 Å². The van der Waals surface area contributed by atoms with E-state index in [1.165, 1.54) is 11.3 Å². The summed E-state index contributed by atoms with van der Waals surface area (Å²) in [7, 11) is 6.98. The van der Waals surface area contributed by atoms with E-state index in [9.17, 15) is 4.79 Å². The first kappa shape index (κ1) is 25.5. The number of aliphatic hydroxyl groups excluding tert-OH is 1. The molecule has 0 bridgehead atoms. The van der Waals surface area contributed by atoms with Gasteiger partial charge in [0.2, 0.25) is 0 Å². The summed E-state index contributed by atoms with van der Waals surface area (Å²) >= 11 is 0. The molecule has 3 aromatic carbocycles. The van der Waals surface area contributed by atoms with E-state index >= 15 is 0 Å². The number of hydrogen-bond acceptors (Lipinski definition) is 6. The molecule has 0 fully saturated rings. The Morgan fingerprint density at radius 3 is 2.06 bits per heavy atom. The molecule has 166 valence electrons. The number of rotatable bonds is 6. The Morgan fingerprint density at radius 1 is 0.968 bits per heavy atom. The van der Waals surface area contributed by atoms with Gasteiger partial charge in [0.25, 0.3) is 0 Å². The maximum Gasteiger partial charge on any atom is 0.150 e. The molecule has 0 aliphatic carbocycles. The standard InChI is InChI=1S/C15H17N3O.C9H13N.CH4O/c1-17-13-5-2-11(3-6-13)9-18-15-7-4-12(10-19)8-14(15)16;1-8-4-6-9(7-5-8)10(2)3;1-2/h2-8,10,17-18H,9,16H2,1H3;4-7H,1-3H3;2H,1H3. The molecule has 0 aromatic heterocycles. The number of anilines is 4. The minimum absolute atomic E-state index is 0.580. The lowest BCUT2D eigenvalue weighted by molar-refractivity contribution is 0.112. The van der Waals surface area contributed by atoms with Gasteiger partial charge in [0.1, 0.15) is 6.29 Å². The summed E-state index contributed by atoms with van der Waals surface area (Å²) in [6.45, 7) is 2.79. The molecular weight excluding hydrogens is 388 g/mol. The number of aldehydes is 1. The highest BCUT2D eigenvalue weighted by atomic mass is 16.2. The van der Waals surface area contributed by atoms with Crippen molar-refractivity contribution in [2.24, 2.45) is 0 Å². The van der Waals surface area contributed by atoms with E-state index in [1.807, 2.05) is 39.3 Å². The van der Waals surface area contributed by atoms with Gasteiger partial charge in [-0.3, -0.25) is 4.79 Å². The topological polar surface area (TPSA) is 90.6 Å². The Labute approximate surface area is 185 Å². The fourth-order valence-electron chi connectivity index (χ4n) is 2.64. The molecule has 0 atom stereocenters. The zero-order valence-corrected chi connectivity index (χ0v) is 19.0. The molecule has 0 spiro atoms. The summed E-state index contributed by atoms with van der Waals surface area (Å²) in [5.41, 5.74) is 12.7. The normalized spacial score (nSPS) is 9.35. The summed E-state index contributed by atoms with van der Waals surface area (Å²) in [5, 5.41) is 13.3. The number of nitrogens with zero attached hydrogens (tertiary/aromatic N) is 1. The Morgan fingerprint density at radius 2 is 1.58 bits per heavy atom. The number of nitrogens with two attached hydrogens (primary N) is 1. The first-order chi connectivity index (χ1) is 14.9. The molecule has 6 nitrogen and oxygen atoms in total. The third-order valence-corrected chi connectivity index (χ3v) is 4.49. The first-order valence-electron chi connectivity index (χ1n) is 9.97. The molecule has 31 heavy (non-hydrogen) atoms. The highest BCUT2D eigenvalue weighted by molar-refractivity contribution is 5.80. The van der Waals surface area contributed by atoms with Crippen molar-refractivity contribution in [3.05, 3.63) is 83.4 Å². The summed E-state index contributed by atoms with van der Waals surface area (Å²) in [5.74, 6) is 0. The number of nitrogens with one attached hydrogen (secondary N) is 2. The molecule has 0 aliphatic rings. The predicted molar refractivity (Wildman–Crippen MR) is 133 cm³/mol. The Bertz CT molecular complexity index is 908. The monoisotopic (exact) mass is 422 g/mol. The van der Waals surface area contributed by atoms with Gasteiger partial charge in [0.15, 0.2) is 0 Å². The second kappa shape index (κ2) is 13.7. The minimum atomic E-state index is 0.580. The van der Waals surface area contributed by atoms with Crippen LogP contribution in [0.3, 0.4) is 0 Å². The van der Waals surface area contributed by atoms with Gasteiger partial charge in [-0.15, -0.1) is 0 Å². The average Bonchev–Trinajstić information content (AvgIpc) is 2.80. The predicted octanol–water partition coefficient (Wildman–Crippen LogP) is 4.40. The molecule has 0 heterocycles. The van der Waals surface area contributed by atoms with Crippen LogP contribution in [0.4, 0.5) is 22.7 Å². The minimum Gasteiger partial charge on any atom is -0.400 e. The maximum atomic E-state index is 10.6. The van der Waals surface area contributed by atoms with Gasteiger partial charge >= 0.3 is 0 Å². The number of nitrogen functional groups attached to an aromatic ring is 1. The Kier molecular flexibility index (Phi) is 11.3. The quantitative estimate of drug-likeness (QED) is 0.348. The van der Waals surface area contributed by atoms with Crippen molar-refractivity contribution in [2.75, 3.05) is 49.5 Å². The van der Waals surface area contributed by atoms with Gasteiger partial charge < -0.3 is 26.4 Å². The van der Waals surface area contributed by atoms with Crippen molar-refractivity contribution >= 4 is 29.0 Å². The highest BCUT2D eigenvalue weighted by Crippen LogP contribution is 2.20. The molecule has 5 N–H and O–H groups in total. The molecule has 0 amide bonds. The number of hydrogen-bond donors (Lipinski definition) is 4. The van der Waals surface area contributed by atoms with Gasteiger partial charge in [0, 0.05) is 51.7 Å². The van der Waals surface area contributed by atoms with Crippen molar-refractivity contribution in [1.29, 1.82) is 0 Å². The van der Waals surface area contributed by atoms with Gasteiger partial charge in [-0.25, -0.2) is 0 Å². The van der Waals surface area contributed by atoms with Gasteiger partial charge in [-0.2, -0.15) is 0 Å². The SMILES string of the molecule is CNc1ccc(CNc2ccc(C=O)cc2N)cc1.CO.Cc1ccc(N(C)C)cc1. The van der Waals surface area contributed by atoms with Gasteiger partial charge in [0.05, 0.1) is 11.4 Å². The number of aliphatic hydroxyl groups is 1. The zero-order chi connectivity index (χ0) is 23.2. The maximum absolute atomic E-state index is 10.6. The summed E-state index contributed by atoms with van der Waals surface area (Å²) in [6.07, 6.45) is 0.788. The third kappa shape index (κ3) is 8.80. The lowest BCUT2D eigenvalue weighted by atomic mass is 10.1. The van der Waals surface area contributed by atoms with Crippen LogP contribution >= 0.6 is 0 Å². The number of carbonyl (C=O) groups is 1. The van der Waals surface area contributed by atoms with Crippen LogP contribution in [-0.4, -0.2) is 39.6 Å². The third-order valence-electron chi connectivity index (χ3n) is 4.49. The summed E-state index contributed by atoms with van der Waals surface area (Å²) < 4.78 is 0. The summed E-state index contributed by atoms with van der Waals surface area (Å²) in [6, 6.07) is 21.9. The van der Waals surface area contributed by atoms with Crippen LogP contribution in [0.1, 0.15) is 21.5 Å². The van der Waals surface area contributed by atoms with Crippen molar-refractivity contribution in [3.63, 3.8) is 0 Å². The van der Waals surface area contributed by atoms with E-state index in [0.717, 1.165) is 30.3 Å². The first-order valence-corrected chi connectivity index (χ1v) is 9.97. The largest absolute Gasteiger partial charge is 0.400 e. The van der Waals surface area contributed by atoms with E-state index in [4.69, 9.17) is 10.8 Å². The molecule has 3 rings (SSSR count). The van der Waals surface area contributed by atoms with Crippen molar-refractivity contribution in [3.8, 4) is 0 Å². The molecule has 0 aliphatic heterocycles. The van der Waals surface area contributed by atoms with Crippen LogP contribution in [-0.2, 0) is 6.54 Å². The second-order valence-electron chi connectivity index (χ2n) is 6.99. The molecule has 0 saturated heterocycles.